The topological polar surface area (TPSA) is 67.9 Å². The molecule has 0 saturated carbocycles. The van der Waals surface area contributed by atoms with Gasteiger partial charge in [-0.25, -0.2) is 8.78 Å². The van der Waals surface area contributed by atoms with E-state index < -0.39 is 23.4 Å². The number of hydrogen-bond acceptors (Lipinski definition) is 4. The molecule has 0 aliphatic heterocycles. The SMILES string of the molecule is CCN(C(=O)c1ccc(OC)c(F)c1)c1cccc(NC(=O)c2ccc(OC)c(F)c2)c1. The molecule has 0 heterocycles. The number of ether oxygens (including phenoxy) is 2. The summed E-state index contributed by atoms with van der Waals surface area (Å²) < 4.78 is 37.7. The molecule has 3 aromatic carbocycles. The van der Waals surface area contributed by atoms with Crippen molar-refractivity contribution in [3.05, 3.63) is 83.4 Å². The Hall–Kier alpha value is -3.94. The maximum absolute atomic E-state index is 14.0. The van der Waals surface area contributed by atoms with Crippen LogP contribution in [0.5, 0.6) is 11.5 Å². The van der Waals surface area contributed by atoms with Crippen molar-refractivity contribution < 1.29 is 27.8 Å². The van der Waals surface area contributed by atoms with E-state index in [2.05, 4.69) is 5.32 Å². The van der Waals surface area contributed by atoms with Gasteiger partial charge in [0, 0.05) is 29.0 Å². The van der Waals surface area contributed by atoms with Crippen molar-refractivity contribution in [1.82, 2.24) is 0 Å². The normalized spacial score (nSPS) is 10.4. The fourth-order valence-electron chi connectivity index (χ4n) is 3.16. The second-order valence-electron chi connectivity index (χ2n) is 6.75. The van der Waals surface area contributed by atoms with Crippen LogP contribution in [0.4, 0.5) is 20.2 Å². The first-order valence-electron chi connectivity index (χ1n) is 9.78. The van der Waals surface area contributed by atoms with Gasteiger partial charge in [-0.1, -0.05) is 6.07 Å². The van der Waals surface area contributed by atoms with Crippen molar-refractivity contribution in [2.45, 2.75) is 6.92 Å². The number of rotatable bonds is 7. The standard InChI is InChI=1S/C24H22F2N2O4/c1-4-28(24(30)16-9-11-22(32-3)20(26)13-16)18-7-5-6-17(14-18)27-23(29)15-8-10-21(31-2)19(25)12-15/h5-14H,4H2,1-3H3,(H,27,29). The Morgan fingerprint density at radius 1 is 0.875 bits per heavy atom. The third-order valence-electron chi connectivity index (χ3n) is 4.79. The van der Waals surface area contributed by atoms with Crippen molar-refractivity contribution in [1.29, 1.82) is 0 Å². The average molecular weight is 440 g/mol. The molecule has 166 valence electrons. The number of carbonyl (C=O) groups excluding carboxylic acids is 2. The fourth-order valence-corrected chi connectivity index (χ4v) is 3.16. The predicted molar refractivity (Wildman–Crippen MR) is 118 cm³/mol. The highest BCUT2D eigenvalue weighted by molar-refractivity contribution is 6.07. The highest BCUT2D eigenvalue weighted by Gasteiger charge is 2.19. The molecule has 2 amide bonds. The average Bonchev–Trinajstić information content (AvgIpc) is 2.79. The fraction of sp³-hybridized carbons (Fsp3) is 0.167. The molecule has 0 radical (unpaired) electrons. The van der Waals surface area contributed by atoms with Crippen LogP contribution in [0, 0.1) is 11.6 Å². The van der Waals surface area contributed by atoms with Gasteiger partial charge in [0.2, 0.25) is 0 Å². The number of anilines is 2. The molecule has 6 nitrogen and oxygen atoms in total. The summed E-state index contributed by atoms with van der Waals surface area (Å²) in [4.78, 5) is 26.9. The maximum atomic E-state index is 14.0. The van der Waals surface area contributed by atoms with Crippen molar-refractivity contribution in [2.75, 3.05) is 31.0 Å². The monoisotopic (exact) mass is 440 g/mol. The molecule has 0 unspecified atom stereocenters. The van der Waals surface area contributed by atoms with Crippen LogP contribution in [0.1, 0.15) is 27.6 Å². The van der Waals surface area contributed by atoms with E-state index in [1.165, 1.54) is 43.4 Å². The van der Waals surface area contributed by atoms with Gasteiger partial charge in [-0.15, -0.1) is 0 Å². The van der Waals surface area contributed by atoms with Crippen molar-refractivity contribution >= 4 is 23.2 Å². The molecule has 0 aliphatic rings. The molecule has 0 atom stereocenters. The Kier molecular flexibility index (Phi) is 7.04. The summed E-state index contributed by atoms with van der Waals surface area (Å²) in [5, 5.41) is 2.68. The van der Waals surface area contributed by atoms with Gasteiger partial charge in [-0.3, -0.25) is 9.59 Å². The largest absolute Gasteiger partial charge is 0.494 e. The minimum Gasteiger partial charge on any atom is -0.494 e. The Balaban J connectivity index is 1.82. The molecule has 0 spiro atoms. The van der Waals surface area contributed by atoms with Crippen molar-refractivity contribution in [2.24, 2.45) is 0 Å². The first-order valence-corrected chi connectivity index (χ1v) is 9.78. The van der Waals surface area contributed by atoms with E-state index in [9.17, 15) is 18.4 Å². The molecule has 1 N–H and O–H groups in total. The lowest BCUT2D eigenvalue weighted by molar-refractivity contribution is 0.0986. The van der Waals surface area contributed by atoms with Crippen LogP contribution >= 0.6 is 0 Å². The smallest absolute Gasteiger partial charge is 0.258 e. The van der Waals surface area contributed by atoms with Crippen LogP contribution in [-0.2, 0) is 0 Å². The molecule has 0 fully saturated rings. The third kappa shape index (κ3) is 4.85. The number of methoxy groups -OCH3 is 2. The van der Waals surface area contributed by atoms with Crippen LogP contribution in [0.15, 0.2) is 60.7 Å². The van der Waals surface area contributed by atoms with Crippen molar-refractivity contribution in [3.63, 3.8) is 0 Å². The van der Waals surface area contributed by atoms with E-state index >= 15 is 0 Å². The van der Waals surface area contributed by atoms with Crippen molar-refractivity contribution in [3.8, 4) is 11.5 Å². The van der Waals surface area contributed by atoms with Crippen LogP contribution in [0.3, 0.4) is 0 Å². The quantitative estimate of drug-likeness (QED) is 0.567. The molecule has 0 saturated heterocycles. The summed E-state index contributed by atoms with van der Waals surface area (Å²) in [6, 6.07) is 14.5. The summed E-state index contributed by atoms with van der Waals surface area (Å²) in [5.74, 6) is -2.13. The zero-order chi connectivity index (χ0) is 23.3. The Bertz CT molecular complexity index is 1150. The zero-order valence-electron chi connectivity index (χ0n) is 17.8. The van der Waals surface area contributed by atoms with E-state index in [1.54, 1.807) is 31.2 Å². The van der Waals surface area contributed by atoms with Crippen LogP contribution in [0.25, 0.3) is 0 Å². The molecular weight excluding hydrogens is 418 g/mol. The van der Waals surface area contributed by atoms with Gasteiger partial charge in [-0.2, -0.15) is 0 Å². The zero-order valence-corrected chi connectivity index (χ0v) is 17.8. The molecule has 0 aliphatic carbocycles. The Morgan fingerprint density at radius 2 is 1.47 bits per heavy atom. The molecule has 0 bridgehead atoms. The summed E-state index contributed by atoms with van der Waals surface area (Å²) in [6.07, 6.45) is 0. The summed E-state index contributed by atoms with van der Waals surface area (Å²) >= 11 is 0. The summed E-state index contributed by atoms with van der Waals surface area (Å²) in [6.45, 7) is 2.09. The number of carbonyl (C=O) groups is 2. The molecule has 3 rings (SSSR count). The Labute approximate surface area is 184 Å². The van der Waals surface area contributed by atoms with Gasteiger partial charge in [-0.05, 0) is 61.5 Å². The highest BCUT2D eigenvalue weighted by atomic mass is 19.1. The lowest BCUT2D eigenvalue weighted by Gasteiger charge is -2.22. The van der Waals surface area contributed by atoms with Gasteiger partial charge in [0.15, 0.2) is 23.1 Å². The maximum Gasteiger partial charge on any atom is 0.258 e. The molecular formula is C24H22F2N2O4. The van der Waals surface area contributed by atoms with E-state index in [0.29, 0.717) is 17.9 Å². The molecule has 32 heavy (non-hydrogen) atoms. The minimum atomic E-state index is -0.650. The van der Waals surface area contributed by atoms with E-state index in [1.807, 2.05) is 0 Å². The second kappa shape index (κ2) is 9.91. The summed E-state index contributed by atoms with van der Waals surface area (Å²) in [7, 11) is 2.68. The third-order valence-corrected chi connectivity index (χ3v) is 4.79. The number of nitrogens with zero attached hydrogens (tertiary/aromatic N) is 1. The molecule has 0 aromatic heterocycles. The number of benzene rings is 3. The molecule has 3 aromatic rings. The predicted octanol–water partition coefficient (Wildman–Crippen LogP) is 4.90. The Morgan fingerprint density at radius 3 is 2.03 bits per heavy atom. The minimum absolute atomic E-state index is 0.0376. The number of hydrogen-bond donors (Lipinski definition) is 1. The van der Waals surface area contributed by atoms with E-state index in [0.717, 1.165) is 12.1 Å². The van der Waals surface area contributed by atoms with Gasteiger partial charge in [0.1, 0.15) is 0 Å². The van der Waals surface area contributed by atoms with Gasteiger partial charge in [0.25, 0.3) is 11.8 Å². The lowest BCUT2D eigenvalue weighted by atomic mass is 10.1. The second-order valence-corrected chi connectivity index (χ2v) is 6.75. The number of amides is 2. The lowest BCUT2D eigenvalue weighted by Crippen LogP contribution is -2.30. The summed E-state index contributed by atoms with van der Waals surface area (Å²) in [5.41, 5.74) is 1.20. The van der Waals surface area contributed by atoms with E-state index in [-0.39, 0.29) is 22.6 Å². The number of nitrogens with one attached hydrogen (secondary N) is 1. The molecule has 8 heteroatoms. The number of halogens is 2. The van der Waals surface area contributed by atoms with Crippen LogP contribution in [0.2, 0.25) is 0 Å². The van der Waals surface area contributed by atoms with E-state index in [4.69, 9.17) is 9.47 Å². The highest BCUT2D eigenvalue weighted by Crippen LogP contribution is 2.25. The first-order chi connectivity index (χ1) is 15.4. The van der Waals surface area contributed by atoms with Gasteiger partial charge in [0.05, 0.1) is 14.2 Å². The van der Waals surface area contributed by atoms with Crippen LogP contribution in [-0.4, -0.2) is 32.6 Å². The van der Waals surface area contributed by atoms with Gasteiger partial charge < -0.3 is 19.7 Å². The van der Waals surface area contributed by atoms with Crippen LogP contribution < -0.4 is 19.7 Å². The van der Waals surface area contributed by atoms with Gasteiger partial charge >= 0.3 is 0 Å². The first kappa shape index (κ1) is 22.7.